The molecule has 100 valence electrons. The molecule has 0 aliphatic heterocycles. The lowest BCUT2D eigenvalue weighted by Crippen LogP contribution is -2.36. The summed E-state index contributed by atoms with van der Waals surface area (Å²) in [6.45, 7) is 3.96. The Labute approximate surface area is 114 Å². The van der Waals surface area contributed by atoms with Crippen molar-refractivity contribution in [3.05, 3.63) is 59.7 Å². The van der Waals surface area contributed by atoms with Crippen molar-refractivity contribution in [2.75, 3.05) is 17.7 Å². The van der Waals surface area contributed by atoms with Crippen LogP contribution in [0, 0.1) is 6.92 Å². The molecule has 0 radical (unpaired) electrons. The second-order valence-electron chi connectivity index (χ2n) is 5.00. The molecule has 0 aliphatic carbocycles. The van der Waals surface area contributed by atoms with E-state index in [1.54, 1.807) is 0 Å². The van der Waals surface area contributed by atoms with Crippen molar-refractivity contribution in [1.82, 2.24) is 0 Å². The van der Waals surface area contributed by atoms with Crippen LogP contribution < -0.4 is 11.1 Å². The van der Waals surface area contributed by atoms with E-state index >= 15 is 0 Å². The Bertz CT molecular complexity index is 554. The molecule has 0 saturated heterocycles. The first-order valence-electron chi connectivity index (χ1n) is 6.36. The molecule has 3 heteroatoms. The second-order valence-corrected chi connectivity index (χ2v) is 5.00. The van der Waals surface area contributed by atoms with E-state index in [9.17, 15) is 5.11 Å². The van der Waals surface area contributed by atoms with Gasteiger partial charge in [-0.15, -0.1) is 0 Å². The van der Waals surface area contributed by atoms with Gasteiger partial charge in [-0.2, -0.15) is 0 Å². The Kier molecular flexibility index (Phi) is 3.76. The molecule has 4 N–H and O–H groups in total. The van der Waals surface area contributed by atoms with E-state index in [2.05, 4.69) is 5.32 Å². The topological polar surface area (TPSA) is 58.3 Å². The van der Waals surface area contributed by atoms with Gasteiger partial charge in [0.15, 0.2) is 0 Å². The Hall–Kier alpha value is -2.00. The number of rotatable bonds is 4. The lowest BCUT2D eigenvalue weighted by molar-refractivity contribution is 0.224. The van der Waals surface area contributed by atoms with Gasteiger partial charge in [-0.05, 0) is 37.1 Å². The molecule has 0 aliphatic rings. The summed E-state index contributed by atoms with van der Waals surface area (Å²) in [5.41, 5.74) is 9.12. The Morgan fingerprint density at radius 2 is 1.79 bits per heavy atom. The molecule has 0 heterocycles. The van der Waals surface area contributed by atoms with E-state index in [0.717, 1.165) is 22.5 Å². The smallest absolute Gasteiger partial charge is 0.0828 e. The van der Waals surface area contributed by atoms with Crippen molar-refractivity contribution < 1.29 is 5.11 Å². The zero-order chi connectivity index (χ0) is 13.9. The Balaban J connectivity index is 2.36. The maximum Gasteiger partial charge on any atom is 0.0828 e. The number of hydrogen-bond acceptors (Lipinski definition) is 3. The third-order valence-corrected chi connectivity index (χ3v) is 3.51. The van der Waals surface area contributed by atoms with E-state index in [-0.39, 0.29) is 6.61 Å². The maximum atomic E-state index is 9.77. The fourth-order valence-corrected chi connectivity index (χ4v) is 2.10. The molecule has 0 aromatic heterocycles. The maximum absolute atomic E-state index is 9.77. The molecule has 2 rings (SSSR count). The molecule has 0 spiro atoms. The third-order valence-electron chi connectivity index (χ3n) is 3.51. The van der Waals surface area contributed by atoms with Gasteiger partial charge in [-0.25, -0.2) is 0 Å². The molecule has 2 aromatic carbocycles. The Morgan fingerprint density at radius 3 is 2.42 bits per heavy atom. The summed E-state index contributed by atoms with van der Waals surface area (Å²) >= 11 is 0. The van der Waals surface area contributed by atoms with Crippen LogP contribution in [0.4, 0.5) is 11.4 Å². The number of benzene rings is 2. The van der Waals surface area contributed by atoms with E-state index < -0.39 is 5.54 Å². The molecule has 2 aromatic rings. The van der Waals surface area contributed by atoms with Crippen molar-refractivity contribution in [1.29, 1.82) is 0 Å². The molecule has 0 saturated carbocycles. The molecule has 0 amide bonds. The highest BCUT2D eigenvalue weighted by Crippen LogP contribution is 2.29. The van der Waals surface area contributed by atoms with Gasteiger partial charge in [0.25, 0.3) is 0 Å². The van der Waals surface area contributed by atoms with Gasteiger partial charge in [-0.3, -0.25) is 0 Å². The van der Waals surface area contributed by atoms with Gasteiger partial charge < -0.3 is 16.2 Å². The minimum atomic E-state index is -0.528. The van der Waals surface area contributed by atoms with E-state index in [1.807, 2.05) is 62.4 Å². The van der Waals surface area contributed by atoms with Gasteiger partial charge in [0, 0.05) is 11.4 Å². The average Bonchev–Trinajstić information content (AvgIpc) is 2.45. The fraction of sp³-hybridized carbons (Fsp3) is 0.250. The first-order chi connectivity index (χ1) is 9.07. The average molecular weight is 256 g/mol. The van der Waals surface area contributed by atoms with Crippen LogP contribution in [-0.2, 0) is 5.54 Å². The number of aliphatic hydroxyl groups excluding tert-OH is 1. The van der Waals surface area contributed by atoms with E-state index in [0.29, 0.717) is 0 Å². The fourth-order valence-electron chi connectivity index (χ4n) is 2.10. The van der Waals surface area contributed by atoms with Crippen molar-refractivity contribution in [2.45, 2.75) is 19.4 Å². The van der Waals surface area contributed by atoms with Crippen LogP contribution in [-0.4, -0.2) is 11.7 Å². The summed E-state index contributed by atoms with van der Waals surface area (Å²) < 4.78 is 0. The predicted molar refractivity (Wildman–Crippen MR) is 80.1 cm³/mol. The number of nitrogen functional groups attached to an aromatic ring is 1. The van der Waals surface area contributed by atoms with Crippen LogP contribution >= 0.6 is 0 Å². The monoisotopic (exact) mass is 256 g/mol. The molecular weight excluding hydrogens is 236 g/mol. The zero-order valence-electron chi connectivity index (χ0n) is 11.4. The second kappa shape index (κ2) is 5.33. The number of hydrogen-bond donors (Lipinski definition) is 3. The molecule has 0 fully saturated rings. The highest BCUT2D eigenvalue weighted by Gasteiger charge is 2.25. The molecular formula is C16H20N2O. The SMILES string of the molecule is Cc1c(N)cccc1NC(C)(CO)c1ccccc1. The van der Waals surface area contributed by atoms with Crippen LogP contribution in [0.15, 0.2) is 48.5 Å². The van der Waals surface area contributed by atoms with Crippen molar-refractivity contribution in [3.63, 3.8) is 0 Å². The van der Waals surface area contributed by atoms with E-state index in [4.69, 9.17) is 5.73 Å². The summed E-state index contributed by atoms with van der Waals surface area (Å²) in [6.07, 6.45) is 0. The lowest BCUT2D eigenvalue weighted by atomic mass is 9.92. The van der Waals surface area contributed by atoms with Gasteiger partial charge in [0.2, 0.25) is 0 Å². The van der Waals surface area contributed by atoms with Crippen molar-refractivity contribution in [2.24, 2.45) is 0 Å². The lowest BCUT2D eigenvalue weighted by Gasteiger charge is -2.31. The van der Waals surface area contributed by atoms with Gasteiger partial charge in [0.1, 0.15) is 0 Å². The summed E-state index contributed by atoms with van der Waals surface area (Å²) in [5, 5.41) is 13.2. The van der Waals surface area contributed by atoms with Crippen LogP contribution in [0.25, 0.3) is 0 Å². The summed E-state index contributed by atoms with van der Waals surface area (Å²) in [5.74, 6) is 0. The van der Waals surface area contributed by atoms with Crippen LogP contribution in [0.2, 0.25) is 0 Å². The summed E-state index contributed by atoms with van der Waals surface area (Å²) in [6, 6.07) is 15.7. The summed E-state index contributed by atoms with van der Waals surface area (Å²) in [4.78, 5) is 0. The van der Waals surface area contributed by atoms with Gasteiger partial charge in [-0.1, -0.05) is 36.4 Å². The standard InChI is InChI=1S/C16H20N2O/c1-12-14(17)9-6-10-15(12)18-16(2,11-19)13-7-4-3-5-8-13/h3-10,18-19H,11,17H2,1-2H3. The highest BCUT2D eigenvalue weighted by atomic mass is 16.3. The van der Waals surface area contributed by atoms with E-state index in [1.165, 1.54) is 0 Å². The highest BCUT2D eigenvalue weighted by molar-refractivity contribution is 5.64. The molecule has 3 nitrogen and oxygen atoms in total. The summed E-state index contributed by atoms with van der Waals surface area (Å²) in [7, 11) is 0. The van der Waals surface area contributed by atoms with Gasteiger partial charge >= 0.3 is 0 Å². The van der Waals surface area contributed by atoms with Gasteiger partial charge in [0.05, 0.1) is 12.1 Å². The van der Waals surface area contributed by atoms with Crippen molar-refractivity contribution >= 4 is 11.4 Å². The minimum absolute atomic E-state index is 0.00521. The van der Waals surface area contributed by atoms with Crippen LogP contribution in [0.5, 0.6) is 0 Å². The van der Waals surface area contributed by atoms with Crippen LogP contribution in [0.1, 0.15) is 18.1 Å². The largest absolute Gasteiger partial charge is 0.398 e. The predicted octanol–water partition coefficient (Wildman–Crippen LogP) is 2.90. The Morgan fingerprint density at radius 1 is 1.11 bits per heavy atom. The van der Waals surface area contributed by atoms with Crippen LogP contribution in [0.3, 0.4) is 0 Å². The van der Waals surface area contributed by atoms with Crippen molar-refractivity contribution in [3.8, 4) is 0 Å². The minimum Gasteiger partial charge on any atom is -0.398 e. The number of aliphatic hydroxyl groups is 1. The first kappa shape index (κ1) is 13.4. The molecule has 1 unspecified atom stereocenters. The normalized spacial score (nSPS) is 13.8. The molecule has 19 heavy (non-hydrogen) atoms. The number of nitrogens with one attached hydrogen (secondary N) is 1. The zero-order valence-corrected chi connectivity index (χ0v) is 11.4. The quantitative estimate of drug-likeness (QED) is 0.737. The first-order valence-corrected chi connectivity index (χ1v) is 6.36. The molecule has 0 bridgehead atoms. The molecule has 1 atom stereocenters. The number of anilines is 2. The number of nitrogens with two attached hydrogens (primary N) is 1. The third kappa shape index (κ3) is 2.71.